The van der Waals surface area contributed by atoms with Gasteiger partial charge in [0.25, 0.3) is 11.2 Å². The molecule has 3 fully saturated rings. The Morgan fingerprint density at radius 1 is 0.984 bits per heavy atom. The fourth-order valence-electron chi connectivity index (χ4n) is 7.27. The first-order chi connectivity index (χ1) is 28.7. The van der Waals surface area contributed by atoms with Crippen molar-refractivity contribution >= 4 is 64.4 Å². The van der Waals surface area contributed by atoms with Gasteiger partial charge in [0.05, 0.1) is 38.0 Å². The molecule has 0 radical (unpaired) electrons. The second kappa shape index (κ2) is 18.7. The van der Waals surface area contributed by atoms with E-state index in [0.29, 0.717) is 18.2 Å². The van der Waals surface area contributed by atoms with Crippen LogP contribution in [0, 0.1) is 0 Å². The summed E-state index contributed by atoms with van der Waals surface area (Å²) in [6.45, 7) is 14.1. The highest BCUT2D eigenvalue weighted by Crippen LogP contribution is 2.61. The Morgan fingerprint density at radius 3 is 2.13 bits per heavy atom. The Morgan fingerprint density at radius 2 is 1.56 bits per heavy atom. The maximum Gasteiger partial charge on any atom is 0.425 e. The number of ether oxygens (including phenoxy) is 7. The summed E-state index contributed by atoms with van der Waals surface area (Å²) in [6, 6.07) is -0.231. The van der Waals surface area contributed by atoms with Crippen molar-refractivity contribution in [1.82, 2.24) is 28.8 Å². The largest absolute Gasteiger partial charge is 0.443 e. The lowest BCUT2D eigenvalue weighted by Crippen LogP contribution is -2.57. The Bertz CT molecular complexity index is 2110. The van der Waals surface area contributed by atoms with E-state index in [2.05, 4.69) is 15.1 Å². The Kier molecular flexibility index (Phi) is 15.0. The summed E-state index contributed by atoms with van der Waals surface area (Å²) in [5, 5.41) is 1.94. The molecule has 5 rings (SSSR count). The number of amides is 3. The average molecular weight is 940 g/mol. The highest BCUT2D eigenvalue weighted by atomic mass is 35.5. The minimum atomic E-state index is -5.03. The number of nitrogens with one attached hydrogen (secondary N) is 1. The van der Waals surface area contributed by atoms with Crippen LogP contribution in [0.25, 0.3) is 11.0 Å². The molecule has 2 aromatic heterocycles. The molecule has 0 aromatic carbocycles. The topological polar surface area (TPSA) is 248 Å². The third-order valence-corrected chi connectivity index (χ3v) is 13.8. The van der Waals surface area contributed by atoms with Crippen LogP contribution in [0.5, 0.6) is 0 Å². The van der Waals surface area contributed by atoms with E-state index in [4.69, 9.17) is 53.8 Å². The fraction of sp³-hybridized carbons (Fsp3) is 0.784. The average Bonchev–Trinajstić information content (AvgIpc) is 3.93. The summed E-state index contributed by atoms with van der Waals surface area (Å²) >= 11 is 6.57. The van der Waals surface area contributed by atoms with Gasteiger partial charge in [-0.25, -0.2) is 19.0 Å². The van der Waals surface area contributed by atoms with E-state index in [0.717, 1.165) is 27.0 Å². The summed E-state index contributed by atoms with van der Waals surface area (Å²) in [4.78, 5) is 51.4. The summed E-state index contributed by atoms with van der Waals surface area (Å²) in [5.74, 6) is -2.56. The smallest absolute Gasteiger partial charge is 0.425 e. The van der Waals surface area contributed by atoms with Crippen molar-refractivity contribution in [3.05, 3.63) is 11.5 Å². The summed E-state index contributed by atoms with van der Waals surface area (Å²) in [7, 11) is -7.85. The van der Waals surface area contributed by atoms with Crippen molar-refractivity contribution in [2.75, 3.05) is 45.5 Å². The van der Waals surface area contributed by atoms with E-state index < -0.39 is 96.0 Å². The Hall–Kier alpha value is -3.25. The van der Waals surface area contributed by atoms with Gasteiger partial charge in [-0.15, -0.1) is 0 Å². The van der Waals surface area contributed by atoms with Gasteiger partial charge in [-0.2, -0.15) is 27.8 Å². The predicted octanol–water partition coefficient (Wildman–Crippen LogP) is 5.43. The van der Waals surface area contributed by atoms with E-state index in [1.807, 2.05) is 0 Å². The minimum absolute atomic E-state index is 0.164. The lowest BCUT2D eigenvalue weighted by atomic mass is 10.1. The predicted molar refractivity (Wildman–Crippen MR) is 222 cm³/mol. The van der Waals surface area contributed by atoms with Crippen LogP contribution < -0.4 is 9.62 Å². The molecule has 25 heteroatoms. The number of fused-ring (bicyclic) bond motifs is 2. The molecule has 2 aliphatic heterocycles. The first-order valence-corrected chi connectivity index (χ1v) is 23.6. The molecule has 3 aliphatic rings. The highest BCUT2D eigenvalue weighted by molar-refractivity contribution is 7.88. The maximum atomic E-state index is 14.7. The van der Waals surface area contributed by atoms with E-state index >= 15 is 0 Å². The molecule has 3 amide bonds. The normalized spacial score (nSPS) is 22.9. The van der Waals surface area contributed by atoms with Gasteiger partial charge in [-0.1, -0.05) is 12.8 Å². The molecule has 4 heterocycles. The van der Waals surface area contributed by atoms with Crippen molar-refractivity contribution in [1.29, 1.82) is 0 Å². The first-order valence-electron chi connectivity index (χ1n) is 20.2. The molecule has 0 spiro atoms. The zero-order chi connectivity index (χ0) is 46.2. The van der Waals surface area contributed by atoms with Crippen LogP contribution in [0.2, 0.25) is 5.28 Å². The van der Waals surface area contributed by atoms with Gasteiger partial charge in [0.1, 0.15) is 29.5 Å². The van der Waals surface area contributed by atoms with Crippen LogP contribution >= 0.6 is 19.2 Å². The van der Waals surface area contributed by atoms with Gasteiger partial charge < -0.3 is 42.2 Å². The standard InChI is InChI=1S/C37H59ClN7O15PS/c1-13-54-61(49,55-14-2)37(21-52-12,30(46)42-62(50,51)43(11)32(47)59-34(3,4)5)53-20-24-25-26(58-36(9,10)57-25)29(56-24)45-28-23(19-39-45)27(40-31(38)41-28)44(22-17-15-16-18-22)33(48)60-35(6,7)8/h19,22,24-26,29H,13-18,20-21H2,1-12H3,(H,42,46)/t24-,25-,26-,29-,37+/m1/s1. The van der Waals surface area contributed by atoms with Gasteiger partial charge >= 0.3 is 30.0 Å². The number of hydrogen-bond donors (Lipinski definition) is 1. The minimum Gasteiger partial charge on any atom is -0.443 e. The van der Waals surface area contributed by atoms with E-state index in [9.17, 15) is 27.4 Å². The number of rotatable bonds is 16. The lowest BCUT2D eigenvalue weighted by molar-refractivity contribution is -0.207. The van der Waals surface area contributed by atoms with Gasteiger partial charge in [0.2, 0.25) is 5.28 Å². The van der Waals surface area contributed by atoms with E-state index in [1.54, 1.807) is 39.3 Å². The molecular weight excluding hydrogens is 881 g/mol. The van der Waals surface area contributed by atoms with Gasteiger partial charge in [-0.05, 0) is 93.7 Å². The molecule has 2 saturated heterocycles. The van der Waals surface area contributed by atoms with Gasteiger partial charge in [0, 0.05) is 20.2 Å². The van der Waals surface area contributed by atoms with Crippen LogP contribution in [0.3, 0.4) is 0 Å². The number of hydrogen-bond acceptors (Lipinski definition) is 18. The number of carbonyl (C=O) groups is 3. The summed E-state index contributed by atoms with van der Waals surface area (Å²) < 4.78 is 97.9. The monoisotopic (exact) mass is 939 g/mol. The van der Waals surface area contributed by atoms with Crippen LogP contribution in [0.4, 0.5) is 15.4 Å². The lowest BCUT2D eigenvalue weighted by Gasteiger charge is -2.37. The van der Waals surface area contributed by atoms with E-state index in [-0.39, 0.29) is 40.3 Å². The number of nitrogens with zero attached hydrogens (tertiary/aromatic N) is 6. The zero-order valence-electron chi connectivity index (χ0n) is 37.2. The number of aromatic nitrogens is 4. The third kappa shape index (κ3) is 10.6. The van der Waals surface area contributed by atoms with E-state index in [1.165, 1.54) is 50.4 Å². The molecular formula is C37H59ClN7O15PS. The SMILES string of the molecule is CCOP(=O)(OCC)[C@](COC)(OC[C@H]1O[C@@H](n2ncc3c(N(C(=O)OC(C)(C)C)C4CCCC4)nc(Cl)nc32)[C@@H]2OC(C)(C)O[C@@H]21)C(=O)NS(=O)(=O)N(C)C(=O)OC(C)(C)C. The van der Waals surface area contributed by atoms with Crippen LogP contribution in [-0.2, 0) is 61.8 Å². The Balaban J connectivity index is 1.54. The van der Waals surface area contributed by atoms with Crippen LogP contribution in [0.15, 0.2) is 6.20 Å². The van der Waals surface area contributed by atoms with Crippen molar-refractivity contribution in [3.63, 3.8) is 0 Å². The molecule has 5 atom stereocenters. The fourth-order valence-corrected chi connectivity index (χ4v) is 10.3. The van der Waals surface area contributed by atoms with Crippen molar-refractivity contribution in [2.24, 2.45) is 0 Å². The Labute approximate surface area is 366 Å². The molecule has 1 saturated carbocycles. The molecule has 0 unspecified atom stereocenters. The number of methoxy groups -OCH3 is 1. The third-order valence-electron chi connectivity index (χ3n) is 9.74. The maximum absolute atomic E-state index is 14.7. The molecule has 0 bridgehead atoms. The quantitative estimate of drug-likeness (QED) is 0.163. The number of halogens is 1. The second-order valence-electron chi connectivity index (χ2n) is 17.3. The van der Waals surface area contributed by atoms with Gasteiger partial charge in [-0.3, -0.25) is 14.3 Å². The van der Waals surface area contributed by atoms with Crippen molar-refractivity contribution in [2.45, 2.75) is 148 Å². The summed E-state index contributed by atoms with van der Waals surface area (Å²) in [6.07, 6.45) is -1.37. The van der Waals surface area contributed by atoms with Crippen molar-refractivity contribution in [3.8, 4) is 0 Å². The van der Waals surface area contributed by atoms with Crippen molar-refractivity contribution < 1.29 is 69.6 Å². The first kappa shape index (κ1) is 49.8. The second-order valence-corrected chi connectivity index (χ2v) is 21.6. The molecule has 350 valence electrons. The van der Waals surface area contributed by atoms with Crippen LogP contribution in [0.1, 0.15) is 101 Å². The zero-order valence-corrected chi connectivity index (χ0v) is 39.6. The molecule has 22 nitrogen and oxygen atoms in total. The molecule has 1 N–H and O–H groups in total. The molecule has 1 aliphatic carbocycles. The highest BCUT2D eigenvalue weighted by Gasteiger charge is 2.63. The summed E-state index contributed by atoms with van der Waals surface area (Å²) in [5.41, 5.74) is -1.73. The molecule has 2 aromatic rings. The number of carbonyl (C=O) groups excluding carboxylic acids is 3. The molecule has 62 heavy (non-hydrogen) atoms. The van der Waals surface area contributed by atoms with Crippen LogP contribution in [-0.4, -0.2) is 138 Å². The van der Waals surface area contributed by atoms with Gasteiger partial charge in [0.15, 0.2) is 23.5 Å². The number of anilines is 1.